The molecule has 97 heavy (non-hydrogen) atoms. The molecular formula is C70H78Cl4N16O7. The molecular weight excluding hydrogens is 1320 g/mol. The Morgan fingerprint density at radius 2 is 0.680 bits per heavy atom. The van der Waals surface area contributed by atoms with E-state index >= 15 is 0 Å². The van der Waals surface area contributed by atoms with Crippen molar-refractivity contribution < 1.29 is 34.5 Å². The zero-order valence-electron chi connectivity index (χ0n) is 55.4. The Bertz CT molecular complexity index is 4050. The number of halogens is 4. The number of aromatic carboxylic acids is 3. The van der Waals surface area contributed by atoms with E-state index in [1.807, 2.05) is 142 Å². The van der Waals surface area contributed by atoms with Crippen LogP contribution in [0.4, 0.5) is 51.7 Å². The summed E-state index contributed by atoms with van der Waals surface area (Å²) in [6.07, 6.45) is 2.42. The molecule has 3 aromatic heterocycles. The molecule has 0 bridgehead atoms. The van der Waals surface area contributed by atoms with Crippen LogP contribution in [0.2, 0.25) is 15.9 Å². The van der Waals surface area contributed by atoms with Gasteiger partial charge in [0.05, 0.1) is 16.7 Å². The monoisotopic (exact) mass is 1390 g/mol. The summed E-state index contributed by atoms with van der Waals surface area (Å²) in [5.41, 5.74) is 43.4. The van der Waals surface area contributed by atoms with Crippen LogP contribution in [0.25, 0.3) is 0 Å². The predicted molar refractivity (Wildman–Crippen MR) is 388 cm³/mol. The molecule has 508 valence electrons. The second-order valence-electron chi connectivity index (χ2n) is 21.6. The van der Waals surface area contributed by atoms with E-state index in [1.165, 1.54) is 25.1 Å². The highest BCUT2D eigenvalue weighted by atomic mass is 35.5. The zero-order valence-corrected chi connectivity index (χ0v) is 58.5. The van der Waals surface area contributed by atoms with Gasteiger partial charge in [0, 0.05) is 59.6 Å². The van der Waals surface area contributed by atoms with E-state index in [9.17, 15) is 29.4 Å². The maximum absolute atomic E-state index is 11.4. The van der Waals surface area contributed by atoms with E-state index in [0.717, 1.165) is 85.5 Å². The molecule has 0 aliphatic heterocycles. The Labute approximate surface area is 583 Å². The van der Waals surface area contributed by atoms with Crippen LogP contribution < -0.4 is 39.3 Å². The van der Waals surface area contributed by atoms with Crippen molar-refractivity contribution in [1.29, 1.82) is 0 Å². The van der Waals surface area contributed by atoms with Crippen LogP contribution >= 0.6 is 46.4 Å². The van der Waals surface area contributed by atoms with E-state index in [4.69, 9.17) is 68.6 Å². The number of carbonyl (C=O) groups is 4. The van der Waals surface area contributed by atoms with Crippen molar-refractivity contribution in [3.05, 3.63) is 245 Å². The molecule has 27 heteroatoms. The molecule has 0 fully saturated rings. The fourth-order valence-corrected chi connectivity index (χ4v) is 9.44. The van der Waals surface area contributed by atoms with Crippen molar-refractivity contribution in [3.8, 4) is 0 Å². The van der Waals surface area contributed by atoms with Gasteiger partial charge < -0.3 is 54.6 Å². The van der Waals surface area contributed by atoms with E-state index < -0.39 is 17.9 Å². The molecule has 10 rings (SSSR count). The normalized spacial score (nSPS) is 10.1. The van der Waals surface area contributed by atoms with E-state index in [-0.39, 0.29) is 37.8 Å². The van der Waals surface area contributed by atoms with Crippen molar-refractivity contribution in [1.82, 2.24) is 44.9 Å². The summed E-state index contributed by atoms with van der Waals surface area (Å²) in [5.74, 6) is 0.532. The van der Waals surface area contributed by atoms with Crippen LogP contribution in [0, 0.1) is 55.4 Å². The van der Waals surface area contributed by atoms with Gasteiger partial charge in [-0.25, -0.2) is 24.4 Å². The molecule has 0 atom stereocenters. The highest BCUT2D eigenvalue weighted by Crippen LogP contribution is 2.26. The number of nitrogen functional groups attached to an aromatic ring is 5. The largest absolute Gasteiger partial charge is 0.478 e. The van der Waals surface area contributed by atoms with E-state index in [0.29, 0.717) is 70.8 Å². The lowest BCUT2D eigenvalue weighted by Crippen LogP contribution is -2.08. The first kappa shape index (κ1) is 78.9. The molecule has 23 nitrogen and oxygen atoms in total. The van der Waals surface area contributed by atoms with Gasteiger partial charge in [-0.3, -0.25) is 4.79 Å². The molecule has 10 aromatic rings. The van der Waals surface area contributed by atoms with Gasteiger partial charge in [0.1, 0.15) is 23.3 Å². The Kier molecular flexibility index (Phi) is 31.5. The number of hydrogen-bond donors (Lipinski definition) is 10. The number of rotatable bonds is 13. The van der Waals surface area contributed by atoms with Gasteiger partial charge in [-0.2, -0.15) is 34.9 Å². The molecule has 7 aromatic carbocycles. The summed E-state index contributed by atoms with van der Waals surface area (Å²) in [4.78, 5) is 79.6. The van der Waals surface area contributed by atoms with Crippen LogP contribution in [0.3, 0.4) is 0 Å². The number of carbonyl (C=O) groups excluding carboxylic acids is 1. The van der Waals surface area contributed by atoms with Crippen LogP contribution in [0.5, 0.6) is 0 Å². The third kappa shape index (κ3) is 28.1. The van der Waals surface area contributed by atoms with Crippen LogP contribution in [-0.4, -0.2) is 83.3 Å². The topological polar surface area (TPSA) is 399 Å². The van der Waals surface area contributed by atoms with Crippen molar-refractivity contribution in [2.24, 2.45) is 0 Å². The first-order chi connectivity index (χ1) is 45.7. The minimum absolute atomic E-state index is 0.000000000000000444. The third-order valence-corrected chi connectivity index (χ3v) is 13.9. The second kappa shape index (κ2) is 38.7. The van der Waals surface area contributed by atoms with Crippen molar-refractivity contribution >= 4 is 121 Å². The van der Waals surface area contributed by atoms with E-state index in [2.05, 4.69) is 67.1 Å². The number of nitrogens with zero attached hydrogens (tertiary/aromatic N) is 9. The highest BCUT2D eigenvalue weighted by molar-refractivity contribution is 6.62. The fraction of sp³-hybridized carbons (Fsp3) is 0.214. The lowest BCUT2D eigenvalue weighted by molar-refractivity contribution is -0.109. The number of nitrogens with two attached hydrogens (primary N) is 5. The summed E-state index contributed by atoms with van der Waals surface area (Å²) in [6.45, 7) is 21.1. The maximum Gasteiger partial charge on any atom is 0.335 e. The number of para-hydroxylation sites is 3. The number of aryl methyl sites for hydroxylation is 10. The molecule has 0 unspecified atom stereocenters. The zero-order chi connectivity index (χ0) is 72.2. The minimum Gasteiger partial charge on any atom is -0.478 e. The van der Waals surface area contributed by atoms with Gasteiger partial charge in [-0.15, -0.1) is 0 Å². The number of carboxylic acid groups (broad SMARTS) is 3. The van der Waals surface area contributed by atoms with Gasteiger partial charge in [-0.1, -0.05) is 86.6 Å². The number of aromatic nitrogens is 9. The molecule has 0 amide bonds. The molecule has 0 spiro atoms. The molecule has 0 saturated carbocycles. The lowest BCUT2D eigenvalue weighted by Gasteiger charge is -2.12. The Hall–Kier alpha value is -10.6. The number of carboxylic acids is 3. The summed E-state index contributed by atoms with van der Waals surface area (Å²) >= 11 is 20.6. The lowest BCUT2D eigenvalue weighted by atomic mass is 10.0. The molecule has 0 radical (unpaired) electrons. The average molecular weight is 1400 g/mol. The van der Waals surface area contributed by atoms with Crippen LogP contribution in [0.15, 0.2) is 133 Å². The summed E-state index contributed by atoms with van der Waals surface area (Å²) in [6, 6.07) is 40.4. The van der Waals surface area contributed by atoms with Crippen LogP contribution in [0.1, 0.15) is 131 Å². The van der Waals surface area contributed by atoms with Gasteiger partial charge in [0.15, 0.2) is 0 Å². The first-order valence-corrected chi connectivity index (χ1v) is 31.3. The average Bonchev–Trinajstić information content (AvgIpc) is 0.850. The van der Waals surface area contributed by atoms with Gasteiger partial charge in [0.25, 0.3) is 0 Å². The Balaban J connectivity index is 0.000000265. The second-order valence-corrected chi connectivity index (χ2v) is 23.1. The number of benzene rings is 7. The predicted octanol–water partition coefficient (Wildman–Crippen LogP) is 14.7. The van der Waals surface area contributed by atoms with Gasteiger partial charge >= 0.3 is 17.9 Å². The first-order valence-electron chi connectivity index (χ1n) is 29.7. The highest BCUT2D eigenvalue weighted by Gasteiger charge is 2.14. The van der Waals surface area contributed by atoms with E-state index in [1.54, 1.807) is 42.5 Å². The molecule has 3 heterocycles. The molecule has 0 aliphatic rings. The number of nitrogens with one attached hydrogen (secondary N) is 2. The summed E-state index contributed by atoms with van der Waals surface area (Å²) in [5, 5.41) is 33.5. The Morgan fingerprint density at radius 1 is 0.392 bits per heavy atom. The van der Waals surface area contributed by atoms with Crippen molar-refractivity contribution in [2.45, 2.75) is 102 Å². The van der Waals surface area contributed by atoms with Crippen molar-refractivity contribution in [3.63, 3.8) is 0 Å². The summed E-state index contributed by atoms with van der Waals surface area (Å²) in [7, 11) is 0. The SMILES string of the molecule is CC(=O)Cl.CCc1cc(Cc2nc(C)nc(Nc3c(C)cccc3C)n2)cc(C(=O)O)c1.CCc1cc(Cc2nc(C)nc(Nc3c(C)cccc3C)n2)cc(C(=O)O)c1.Cc1cccc(C)c1N.Clc1nc(Cl)nc(Cl)n1.Nc1cc(N)cc(C(=O)O)c1.Nc1cccc(N)c1. The van der Waals surface area contributed by atoms with Crippen LogP contribution in [-0.2, 0) is 30.5 Å². The standard InChI is InChI=1S/2C22H24N4O2.C8H11N.C7H8N2O2.C6H8N2.C3Cl3N3.C2H3ClO/c2*1-5-16-9-17(11-18(10-16)21(27)28)12-19-23-15(4)24-22(25-19)26-20-13(2)7-6-8-14(20)3;1-6-4-3-5-7(2)8(6)9;8-5-1-4(7(10)11)2-6(9)3-5;7-5-2-1-3-6(8)4-5;4-1-7-2(5)9-3(6)8-1;1-2(3)4/h2*6-11H,5,12H2,1-4H3,(H,27,28)(H,23,24,25,26);3-5H,9H2,1-2H3;1-3H,8-9H2,(H,10,11);1-4H,7-8H2;;1H3. The van der Waals surface area contributed by atoms with Gasteiger partial charge in [-0.05, 0) is 231 Å². The molecule has 0 saturated heterocycles. The smallest absolute Gasteiger partial charge is 0.335 e. The fourth-order valence-electron chi connectivity index (χ4n) is 8.83. The maximum atomic E-state index is 11.4. The van der Waals surface area contributed by atoms with Crippen molar-refractivity contribution in [2.75, 3.05) is 39.3 Å². The molecule has 0 aliphatic carbocycles. The molecule has 15 N–H and O–H groups in total. The quantitative estimate of drug-likeness (QED) is 0.0378. The summed E-state index contributed by atoms with van der Waals surface area (Å²) < 4.78 is 0. The number of hydrogen-bond acceptors (Lipinski definition) is 20. The third-order valence-electron chi connectivity index (χ3n) is 13.4. The number of anilines is 9. The minimum atomic E-state index is -1.02. The Morgan fingerprint density at radius 3 is 0.969 bits per heavy atom. The van der Waals surface area contributed by atoms with Gasteiger partial charge in [0.2, 0.25) is 33.0 Å².